The van der Waals surface area contributed by atoms with Gasteiger partial charge in [0, 0.05) is 12.0 Å². The molecular formula is C16H25NO3. The van der Waals surface area contributed by atoms with Crippen molar-refractivity contribution in [2.24, 2.45) is 5.41 Å². The van der Waals surface area contributed by atoms with Crippen molar-refractivity contribution in [3.8, 4) is 0 Å². The van der Waals surface area contributed by atoms with Gasteiger partial charge in [0.2, 0.25) is 5.91 Å². The van der Waals surface area contributed by atoms with Crippen molar-refractivity contribution in [3.05, 3.63) is 35.9 Å². The van der Waals surface area contributed by atoms with Gasteiger partial charge in [-0.15, -0.1) is 0 Å². The van der Waals surface area contributed by atoms with Crippen LogP contribution in [0.25, 0.3) is 0 Å². The fourth-order valence-electron chi connectivity index (χ4n) is 1.95. The molecule has 20 heavy (non-hydrogen) atoms. The summed E-state index contributed by atoms with van der Waals surface area (Å²) in [6, 6.07) is 9.75. The Morgan fingerprint density at radius 2 is 1.90 bits per heavy atom. The summed E-state index contributed by atoms with van der Waals surface area (Å²) in [4.78, 5) is 11.7. The van der Waals surface area contributed by atoms with Crippen molar-refractivity contribution >= 4 is 5.91 Å². The summed E-state index contributed by atoms with van der Waals surface area (Å²) < 4.78 is 5.37. The van der Waals surface area contributed by atoms with Crippen LogP contribution in [-0.4, -0.2) is 30.8 Å². The molecule has 0 aliphatic carbocycles. The van der Waals surface area contributed by atoms with Crippen LogP contribution in [0.1, 0.15) is 32.3 Å². The molecule has 0 spiro atoms. The number of aliphatic hydroxyl groups excluding tert-OH is 1. The number of carbonyl (C=O) groups excluding carboxylic acids is 1. The summed E-state index contributed by atoms with van der Waals surface area (Å²) in [6.07, 6.45) is 1.68. The summed E-state index contributed by atoms with van der Waals surface area (Å²) in [7, 11) is 0. The smallest absolute Gasteiger partial charge is 0.246 e. The number of nitrogens with one attached hydrogen (secondary N) is 1. The van der Waals surface area contributed by atoms with Crippen LogP contribution in [-0.2, 0) is 16.1 Å². The summed E-state index contributed by atoms with van der Waals surface area (Å²) in [5, 5.41) is 12.3. The standard InChI is InChI=1S/C16H25NO3/c1-3-16(4-2,13-18)12-17-15(19)11-20-10-14-8-6-5-7-9-14/h5-9,18H,3-4,10-13H2,1-2H3,(H,17,19). The van der Waals surface area contributed by atoms with Crippen LogP contribution < -0.4 is 5.32 Å². The van der Waals surface area contributed by atoms with E-state index in [2.05, 4.69) is 5.32 Å². The molecule has 4 nitrogen and oxygen atoms in total. The zero-order chi connectivity index (χ0) is 14.8. The van der Waals surface area contributed by atoms with Crippen LogP contribution >= 0.6 is 0 Å². The van der Waals surface area contributed by atoms with Gasteiger partial charge >= 0.3 is 0 Å². The first-order chi connectivity index (χ1) is 9.65. The zero-order valence-electron chi connectivity index (χ0n) is 12.4. The van der Waals surface area contributed by atoms with E-state index in [1.807, 2.05) is 44.2 Å². The lowest BCUT2D eigenvalue weighted by Gasteiger charge is -2.29. The van der Waals surface area contributed by atoms with Gasteiger partial charge < -0.3 is 15.2 Å². The second-order valence-corrected chi connectivity index (χ2v) is 5.12. The molecule has 0 fully saturated rings. The Hall–Kier alpha value is -1.39. The van der Waals surface area contributed by atoms with Gasteiger partial charge in [0.25, 0.3) is 0 Å². The molecule has 0 aromatic heterocycles. The Labute approximate surface area is 121 Å². The van der Waals surface area contributed by atoms with Crippen LogP contribution in [0.2, 0.25) is 0 Å². The average molecular weight is 279 g/mol. The molecule has 0 bridgehead atoms. The maximum Gasteiger partial charge on any atom is 0.246 e. The van der Waals surface area contributed by atoms with Crippen LogP contribution in [0.5, 0.6) is 0 Å². The van der Waals surface area contributed by atoms with E-state index in [0.29, 0.717) is 13.2 Å². The molecule has 2 N–H and O–H groups in total. The number of benzene rings is 1. The number of hydrogen-bond donors (Lipinski definition) is 2. The first-order valence-electron chi connectivity index (χ1n) is 7.15. The highest BCUT2D eigenvalue weighted by Crippen LogP contribution is 2.24. The van der Waals surface area contributed by atoms with E-state index < -0.39 is 0 Å². The second-order valence-electron chi connectivity index (χ2n) is 5.12. The first kappa shape index (κ1) is 16.7. The molecule has 1 aromatic carbocycles. The lowest BCUT2D eigenvalue weighted by molar-refractivity contribution is -0.126. The molecule has 0 heterocycles. The number of carbonyl (C=O) groups is 1. The normalized spacial score (nSPS) is 11.3. The fourth-order valence-corrected chi connectivity index (χ4v) is 1.95. The first-order valence-corrected chi connectivity index (χ1v) is 7.15. The average Bonchev–Trinajstić information content (AvgIpc) is 2.50. The largest absolute Gasteiger partial charge is 0.396 e. The summed E-state index contributed by atoms with van der Waals surface area (Å²) in [5.41, 5.74) is 0.835. The molecule has 0 unspecified atom stereocenters. The van der Waals surface area contributed by atoms with E-state index >= 15 is 0 Å². The number of rotatable bonds is 9. The number of hydrogen-bond acceptors (Lipinski definition) is 3. The molecule has 1 aromatic rings. The SMILES string of the molecule is CCC(CC)(CO)CNC(=O)COCc1ccccc1. The van der Waals surface area contributed by atoms with E-state index in [9.17, 15) is 9.90 Å². The second kappa shape index (κ2) is 8.72. The molecule has 0 aliphatic rings. The zero-order valence-corrected chi connectivity index (χ0v) is 12.4. The van der Waals surface area contributed by atoms with Gasteiger partial charge in [0.05, 0.1) is 13.2 Å². The van der Waals surface area contributed by atoms with Crippen LogP contribution in [0, 0.1) is 5.41 Å². The molecule has 0 saturated carbocycles. The molecule has 1 rings (SSSR count). The minimum Gasteiger partial charge on any atom is -0.396 e. The van der Waals surface area contributed by atoms with Gasteiger partial charge in [-0.3, -0.25) is 4.79 Å². The molecule has 0 atom stereocenters. The summed E-state index contributed by atoms with van der Waals surface area (Å²) in [5.74, 6) is -0.138. The van der Waals surface area contributed by atoms with Crippen molar-refractivity contribution in [3.63, 3.8) is 0 Å². The van der Waals surface area contributed by atoms with Crippen molar-refractivity contribution in [1.82, 2.24) is 5.32 Å². The maximum atomic E-state index is 11.7. The molecule has 0 saturated heterocycles. The van der Waals surface area contributed by atoms with Crippen molar-refractivity contribution < 1.29 is 14.6 Å². The highest BCUT2D eigenvalue weighted by atomic mass is 16.5. The molecule has 4 heteroatoms. The minimum absolute atomic E-state index is 0.0455. The van der Waals surface area contributed by atoms with E-state index in [0.717, 1.165) is 18.4 Å². The lowest BCUT2D eigenvalue weighted by Crippen LogP contribution is -2.40. The predicted octanol–water partition coefficient (Wildman–Crippen LogP) is 2.12. The van der Waals surface area contributed by atoms with E-state index in [-0.39, 0.29) is 24.5 Å². The Morgan fingerprint density at radius 1 is 1.25 bits per heavy atom. The Kier molecular flexibility index (Phi) is 7.26. The van der Waals surface area contributed by atoms with Gasteiger partial charge in [-0.25, -0.2) is 0 Å². The van der Waals surface area contributed by atoms with Crippen molar-refractivity contribution in [1.29, 1.82) is 0 Å². The number of ether oxygens (including phenoxy) is 1. The van der Waals surface area contributed by atoms with E-state index in [4.69, 9.17) is 4.74 Å². The van der Waals surface area contributed by atoms with Crippen molar-refractivity contribution in [2.75, 3.05) is 19.8 Å². The number of aliphatic hydroxyl groups is 1. The maximum absolute atomic E-state index is 11.7. The molecule has 1 amide bonds. The third-order valence-corrected chi connectivity index (χ3v) is 3.84. The Bertz CT molecular complexity index is 380. The minimum atomic E-state index is -0.213. The van der Waals surface area contributed by atoms with Gasteiger partial charge in [-0.2, -0.15) is 0 Å². The Morgan fingerprint density at radius 3 is 2.45 bits per heavy atom. The van der Waals surface area contributed by atoms with Gasteiger partial charge in [-0.05, 0) is 18.4 Å². The molecule has 112 valence electrons. The van der Waals surface area contributed by atoms with E-state index in [1.165, 1.54) is 0 Å². The predicted molar refractivity (Wildman–Crippen MR) is 79.2 cm³/mol. The highest BCUT2D eigenvalue weighted by molar-refractivity contribution is 5.77. The third kappa shape index (κ3) is 5.31. The van der Waals surface area contributed by atoms with Gasteiger partial charge in [0.1, 0.15) is 6.61 Å². The third-order valence-electron chi connectivity index (χ3n) is 3.84. The molecule has 0 aliphatic heterocycles. The van der Waals surface area contributed by atoms with Gasteiger partial charge in [-0.1, -0.05) is 44.2 Å². The van der Waals surface area contributed by atoms with Crippen molar-refractivity contribution in [2.45, 2.75) is 33.3 Å². The van der Waals surface area contributed by atoms with Crippen LogP contribution in [0.3, 0.4) is 0 Å². The summed E-state index contributed by atoms with van der Waals surface area (Å²) in [6.45, 7) is 5.11. The van der Waals surface area contributed by atoms with Crippen LogP contribution in [0.4, 0.5) is 0 Å². The Balaban J connectivity index is 2.27. The summed E-state index contributed by atoms with van der Waals surface area (Å²) >= 11 is 0. The molecule has 0 radical (unpaired) electrons. The quantitative estimate of drug-likeness (QED) is 0.728. The molecular weight excluding hydrogens is 254 g/mol. The number of amides is 1. The fraction of sp³-hybridized carbons (Fsp3) is 0.562. The van der Waals surface area contributed by atoms with E-state index in [1.54, 1.807) is 0 Å². The topological polar surface area (TPSA) is 58.6 Å². The van der Waals surface area contributed by atoms with Gasteiger partial charge in [0.15, 0.2) is 0 Å². The monoisotopic (exact) mass is 279 g/mol. The van der Waals surface area contributed by atoms with Crippen LogP contribution in [0.15, 0.2) is 30.3 Å². The lowest BCUT2D eigenvalue weighted by atomic mass is 9.83. The highest BCUT2D eigenvalue weighted by Gasteiger charge is 2.25.